The Morgan fingerprint density at radius 1 is 1.42 bits per heavy atom. The average molecular weight is 356 g/mol. The van der Waals surface area contributed by atoms with Crippen LogP contribution in [-0.2, 0) is 14.8 Å². The van der Waals surface area contributed by atoms with Crippen molar-refractivity contribution < 1.29 is 23.1 Å². The van der Waals surface area contributed by atoms with Crippen LogP contribution in [-0.4, -0.2) is 43.7 Å². The molecule has 134 valence electrons. The molecular formula is C16H24N2O5S. The van der Waals surface area contributed by atoms with E-state index in [1.54, 1.807) is 19.9 Å². The van der Waals surface area contributed by atoms with Gasteiger partial charge in [0.05, 0.1) is 29.3 Å². The summed E-state index contributed by atoms with van der Waals surface area (Å²) in [5.74, 6) is 0.271. The van der Waals surface area contributed by atoms with E-state index in [-0.39, 0.29) is 17.4 Å². The van der Waals surface area contributed by atoms with Gasteiger partial charge in [-0.25, -0.2) is 13.1 Å². The fourth-order valence-corrected chi connectivity index (χ4v) is 3.92. The van der Waals surface area contributed by atoms with Gasteiger partial charge < -0.3 is 14.7 Å². The second kappa shape index (κ2) is 6.02. The third-order valence-corrected chi connectivity index (χ3v) is 5.34. The molecule has 0 aromatic heterocycles. The van der Waals surface area contributed by atoms with Crippen molar-refractivity contribution in [2.24, 2.45) is 0 Å². The predicted molar refractivity (Wildman–Crippen MR) is 90.7 cm³/mol. The molecule has 1 aliphatic heterocycles. The van der Waals surface area contributed by atoms with Gasteiger partial charge in [0, 0.05) is 6.92 Å². The van der Waals surface area contributed by atoms with E-state index in [0.29, 0.717) is 18.0 Å². The summed E-state index contributed by atoms with van der Waals surface area (Å²) in [5, 5.41) is 9.27. The van der Waals surface area contributed by atoms with Gasteiger partial charge in [-0.15, -0.1) is 0 Å². The zero-order valence-corrected chi connectivity index (χ0v) is 15.4. The SMILES string of the molecule is CC(=O)N1CC(C)(C)Oc2ccc(S(=O)(=O)NC(C)(C)CO)cc21. The fourth-order valence-electron chi connectivity index (χ4n) is 2.49. The number of aliphatic hydroxyl groups excluding tert-OH is 1. The molecule has 2 rings (SSSR count). The normalized spacial score (nSPS) is 17.2. The predicted octanol–water partition coefficient (Wildman–Crippen LogP) is 1.26. The molecule has 1 amide bonds. The molecule has 0 saturated carbocycles. The van der Waals surface area contributed by atoms with Crippen LogP contribution in [0.15, 0.2) is 23.1 Å². The van der Waals surface area contributed by atoms with E-state index in [1.165, 1.54) is 24.0 Å². The number of benzene rings is 1. The van der Waals surface area contributed by atoms with E-state index in [9.17, 15) is 18.3 Å². The summed E-state index contributed by atoms with van der Waals surface area (Å²) < 4.78 is 33.3. The maximum absolute atomic E-state index is 12.5. The van der Waals surface area contributed by atoms with E-state index in [0.717, 1.165) is 0 Å². The molecule has 0 saturated heterocycles. The molecule has 1 aromatic rings. The van der Waals surface area contributed by atoms with Crippen molar-refractivity contribution in [1.82, 2.24) is 4.72 Å². The fraction of sp³-hybridized carbons (Fsp3) is 0.562. The van der Waals surface area contributed by atoms with Gasteiger partial charge in [-0.2, -0.15) is 0 Å². The quantitative estimate of drug-likeness (QED) is 0.847. The van der Waals surface area contributed by atoms with Crippen molar-refractivity contribution in [3.63, 3.8) is 0 Å². The van der Waals surface area contributed by atoms with E-state index < -0.39 is 21.2 Å². The standard InChI is InChI=1S/C16H24N2O5S/c1-11(20)18-9-16(4,5)23-14-7-6-12(8-13(14)18)24(21,22)17-15(2,3)10-19/h6-8,17,19H,9-10H2,1-5H3. The first-order valence-corrected chi connectivity index (χ1v) is 9.11. The zero-order valence-electron chi connectivity index (χ0n) is 14.6. The number of nitrogens with zero attached hydrogens (tertiary/aromatic N) is 1. The van der Waals surface area contributed by atoms with E-state index in [2.05, 4.69) is 4.72 Å². The molecule has 7 nitrogen and oxygen atoms in total. The van der Waals surface area contributed by atoms with Crippen LogP contribution in [0.3, 0.4) is 0 Å². The summed E-state index contributed by atoms with van der Waals surface area (Å²) in [6, 6.07) is 4.39. The molecule has 1 heterocycles. The number of nitrogens with one attached hydrogen (secondary N) is 1. The minimum absolute atomic E-state index is 0.0114. The monoisotopic (exact) mass is 356 g/mol. The Bertz CT molecular complexity index is 756. The number of hydrogen-bond donors (Lipinski definition) is 2. The number of fused-ring (bicyclic) bond motifs is 1. The Labute approximate surface area is 142 Å². The first-order valence-electron chi connectivity index (χ1n) is 7.63. The molecule has 0 unspecified atom stereocenters. The van der Waals surface area contributed by atoms with Gasteiger partial charge >= 0.3 is 0 Å². The second-order valence-electron chi connectivity index (χ2n) is 7.24. The van der Waals surface area contributed by atoms with Crippen LogP contribution in [0, 0.1) is 0 Å². The smallest absolute Gasteiger partial charge is 0.241 e. The van der Waals surface area contributed by atoms with Gasteiger partial charge in [0.1, 0.15) is 11.4 Å². The zero-order chi connectivity index (χ0) is 18.3. The number of hydrogen-bond acceptors (Lipinski definition) is 5. The first kappa shape index (κ1) is 18.7. The number of ether oxygens (including phenoxy) is 1. The molecule has 0 atom stereocenters. The van der Waals surface area contributed by atoms with Crippen molar-refractivity contribution in [3.05, 3.63) is 18.2 Å². The summed E-state index contributed by atoms with van der Waals surface area (Å²) in [7, 11) is -3.84. The summed E-state index contributed by atoms with van der Waals surface area (Å²) in [4.78, 5) is 13.5. The van der Waals surface area contributed by atoms with Gasteiger partial charge in [-0.05, 0) is 45.9 Å². The number of rotatable bonds is 4. The van der Waals surface area contributed by atoms with E-state index >= 15 is 0 Å². The highest BCUT2D eigenvalue weighted by molar-refractivity contribution is 7.89. The molecule has 2 N–H and O–H groups in total. The first-order chi connectivity index (χ1) is 10.9. The van der Waals surface area contributed by atoms with Crippen LogP contribution < -0.4 is 14.4 Å². The summed E-state index contributed by atoms with van der Waals surface area (Å²) in [6.45, 7) is 8.30. The van der Waals surface area contributed by atoms with Crippen LogP contribution in [0.1, 0.15) is 34.6 Å². The molecule has 0 fully saturated rings. The van der Waals surface area contributed by atoms with Crippen LogP contribution >= 0.6 is 0 Å². The lowest BCUT2D eigenvalue weighted by molar-refractivity contribution is -0.117. The molecule has 1 aliphatic rings. The molecule has 0 spiro atoms. The molecule has 0 radical (unpaired) electrons. The lowest BCUT2D eigenvalue weighted by atomic mass is 10.1. The highest BCUT2D eigenvalue weighted by atomic mass is 32.2. The largest absolute Gasteiger partial charge is 0.484 e. The van der Waals surface area contributed by atoms with Crippen molar-refractivity contribution in [1.29, 1.82) is 0 Å². The Morgan fingerprint density at radius 2 is 2.04 bits per heavy atom. The third-order valence-electron chi connectivity index (χ3n) is 3.64. The number of carbonyl (C=O) groups is 1. The highest BCUT2D eigenvalue weighted by Crippen LogP contribution is 2.38. The molecule has 0 bridgehead atoms. The average Bonchev–Trinajstić information content (AvgIpc) is 2.43. The third kappa shape index (κ3) is 3.88. The summed E-state index contributed by atoms with van der Waals surface area (Å²) in [6.07, 6.45) is 0. The van der Waals surface area contributed by atoms with Crippen LogP contribution in [0.25, 0.3) is 0 Å². The van der Waals surface area contributed by atoms with Crippen molar-refractivity contribution in [2.45, 2.75) is 50.7 Å². The lowest BCUT2D eigenvalue weighted by Crippen LogP contribution is -2.49. The summed E-state index contributed by atoms with van der Waals surface area (Å²) >= 11 is 0. The minimum atomic E-state index is -3.84. The van der Waals surface area contributed by atoms with Crippen LogP contribution in [0.5, 0.6) is 5.75 Å². The van der Waals surface area contributed by atoms with Gasteiger partial charge in [-0.3, -0.25) is 4.79 Å². The van der Waals surface area contributed by atoms with Crippen LogP contribution in [0.4, 0.5) is 5.69 Å². The Hall–Kier alpha value is -1.64. The second-order valence-corrected chi connectivity index (χ2v) is 8.93. The van der Waals surface area contributed by atoms with Crippen molar-refractivity contribution >= 4 is 21.6 Å². The van der Waals surface area contributed by atoms with Gasteiger partial charge in [0.15, 0.2) is 0 Å². The number of amides is 1. The Balaban J connectivity index is 2.48. The van der Waals surface area contributed by atoms with Gasteiger partial charge in [-0.1, -0.05) is 0 Å². The number of sulfonamides is 1. The molecule has 0 aliphatic carbocycles. The Kier molecular flexibility index (Phi) is 4.69. The maximum Gasteiger partial charge on any atom is 0.241 e. The maximum atomic E-state index is 12.5. The molecule has 24 heavy (non-hydrogen) atoms. The van der Waals surface area contributed by atoms with Crippen molar-refractivity contribution in [2.75, 3.05) is 18.1 Å². The minimum Gasteiger partial charge on any atom is -0.484 e. The number of aliphatic hydroxyl groups is 1. The molecule has 1 aromatic carbocycles. The van der Waals surface area contributed by atoms with E-state index in [1.807, 2.05) is 13.8 Å². The molecular weight excluding hydrogens is 332 g/mol. The van der Waals surface area contributed by atoms with Gasteiger partial charge in [0.25, 0.3) is 0 Å². The van der Waals surface area contributed by atoms with Crippen molar-refractivity contribution in [3.8, 4) is 5.75 Å². The topological polar surface area (TPSA) is 95.9 Å². The Morgan fingerprint density at radius 3 is 2.58 bits per heavy atom. The summed E-state index contributed by atoms with van der Waals surface area (Å²) in [5.41, 5.74) is -1.13. The van der Waals surface area contributed by atoms with Crippen LogP contribution in [0.2, 0.25) is 0 Å². The number of carbonyl (C=O) groups excluding carboxylic acids is 1. The lowest BCUT2D eigenvalue weighted by Gasteiger charge is -2.39. The van der Waals surface area contributed by atoms with Gasteiger partial charge in [0.2, 0.25) is 15.9 Å². The molecule has 8 heteroatoms. The van der Waals surface area contributed by atoms with E-state index in [4.69, 9.17) is 4.74 Å². The number of anilines is 1. The highest BCUT2D eigenvalue weighted by Gasteiger charge is 2.35.